The molecule has 0 heterocycles. The average molecular weight is 151 g/mol. The molecule has 1 nitrogen and oxygen atoms in total. The van der Waals surface area contributed by atoms with Gasteiger partial charge in [0.2, 0.25) is 0 Å². The molecule has 0 saturated carbocycles. The van der Waals surface area contributed by atoms with E-state index in [1.807, 2.05) is 0 Å². The Kier molecular flexibility index (Phi) is 3.37. The van der Waals surface area contributed by atoms with Gasteiger partial charge in [-0.1, -0.05) is 24.6 Å². The van der Waals surface area contributed by atoms with Crippen LogP contribution in [0.1, 0.15) is 26.7 Å². The first-order valence-electron chi connectivity index (χ1n) is 4.40. The van der Waals surface area contributed by atoms with E-state index < -0.39 is 0 Å². The molecule has 11 heavy (non-hydrogen) atoms. The number of rotatable bonds is 3. The maximum absolute atomic E-state index is 3.33. The largest absolute Gasteiger partial charge is 0.313 e. The Labute approximate surface area is 69.2 Å². The summed E-state index contributed by atoms with van der Waals surface area (Å²) in [5.74, 6) is 0. The summed E-state index contributed by atoms with van der Waals surface area (Å²) in [5.41, 5.74) is 2.97. The molecule has 1 rings (SSSR count). The Hall–Kier alpha value is -0.560. The van der Waals surface area contributed by atoms with Gasteiger partial charge in [0.05, 0.1) is 0 Å². The van der Waals surface area contributed by atoms with Crippen molar-refractivity contribution in [1.82, 2.24) is 5.32 Å². The standard InChI is InChI=1S/C10H17N/c1-3-11-8-10-6-4-5-9(2)7-10/h6-7,11H,3-5,8H2,1-2H3. The van der Waals surface area contributed by atoms with Crippen molar-refractivity contribution < 1.29 is 0 Å². The molecular formula is C10H17N. The zero-order valence-electron chi connectivity index (χ0n) is 7.48. The van der Waals surface area contributed by atoms with Gasteiger partial charge in [0.15, 0.2) is 0 Å². The van der Waals surface area contributed by atoms with Crippen LogP contribution in [0.25, 0.3) is 0 Å². The molecule has 0 aromatic rings. The smallest absolute Gasteiger partial charge is 0.0202 e. The van der Waals surface area contributed by atoms with Crippen LogP contribution in [0.3, 0.4) is 0 Å². The second kappa shape index (κ2) is 4.35. The Morgan fingerprint density at radius 3 is 3.00 bits per heavy atom. The van der Waals surface area contributed by atoms with Gasteiger partial charge < -0.3 is 5.32 Å². The molecule has 1 heteroatoms. The molecule has 1 N–H and O–H groups in total. The van der Waals surface area contributed by atoms with Crippen molar-refractivity contribution in [2.75, 3.05) is 13.1 Å². The number of likely N-dealkylation sites (N-methyl/N-ethyl adjacent to an activating group) is 1. The number of hydrogen-bond donors (Lipinski definition) is 1. The molecule has 0 amide bonds. The second-order valence-corrected chi connectivity index (χ2v) is 3.09. The minimum Gasteiger partial charge on any atom is -0.313 e. The summed E-state index contributed by atoms with van der Waals surface area (Å²) in [6.07, 6.45) is 7.10. The van der Waals surface area contributed by atoms with Crippen LogP contribution in [0.4, 0.5) is 0 Å². The lowest BCUT2D eigenvalue weighted by atomic mass is 10.0. The summed E-state index contributed by atoms with van der Waals surface area (Å²) in [5, 5.41) is 3.33. The van der Waals surface area contributed by atoms with E-state index in [1.165, 1.54) is 24.0 Å². The predicted molar refractivity (Wildman–Crippen MR) is 49.6 cm³/mol. The molecular weight excluding hydrogens is 134 g/mol. The molecule has 0 aromatic heterocycles. The van der Waals surface area contributed by atoms with Gasteiger partial charge in [0.1, 0.15) is 0 Å². The minimum atomic E-state index is 1.04. The molecule has 0 aliphatic heterocycles. The van der Waals surface area contributed by atoms with E-state index in [1.54, 1.807) is 0 Å². The van der Waals surface area contributed by atoms with E-state index in [4.69, 9.17) is 0 Å². The zero-order valence-corrected chi connectivity index (χ0v) is 7.48. The molecule has 1 aliphatic carbocycles. The Balaban J connectivity index is 2.39. The van der Waals surface area contributed by atoms with Crippen molar-refractivity contribution in [1.29, 1.82) is 0 Å². The summed E-state index contributed by atoms with van der Waals surface area (Å²) < 4.78 is 0. The molecule has 62 valence electrons. The molecule has 0 radical (unpaired) electrons. The van der Waals surface area contributed by atoms with Crippen molar-refractivity contribution in [2.24, 2.45) is 0 Å². The molecule has 0 saturated heterocycles. The SMILES string of the molecule is CCNCC1=CCCC(C)=C1. The van der Waals surface area contributed by atoms with Crippen molar-refractivity contribution in [3.63, 3.8) is 0 Å². The second-order valence-electron chi connectivity index (χ2n) is 3.09. The van der Waals surface area contributed by atoms with Gasteiger partial charge in [-0.15, -0.1) is 0 Å². The first kappa shape index (κ1) is 8.54. The van der Waals surface area contributed by atoms with Gasteiger partial charge in [0, 0.05) is 6.54 Å². The van der Waals surface area contributed by atoms with Crippen molar-refractivity contribution in [2.45, 2.75) is 26.7 Å². The molecule has 0 spiro atoms. The average Bonchev–Trinajstić information content (AvgIpc) is 2.01. The maximum Gasteiger partial charge on any atom is 0.0202 e. The monoisotopic (exact) mass is 151 g/mol. The lowest BCUT2D eigenvalue weighted by Crippen LogP contribution is -2.16. The first-order chi connectivity index (χ1) is 5.33. The minimum absolute atomic E-state index is 1.04. The maximum atomic E-state index is 3.33. The summed E-state index contributed by atoms with van der Waals surface area (Å²) in [7, 11) is 0. The highest BCUT2D eigenvalue weighted by Crippen LogP contribution is 2.15. The summed E-state index contributed by atoms with van der Waals surface area (Å²) in [6, 6.07) is 0. The lowest BCUT2D eigenvalue weighted by Gasteiger charge is -2.10. The summed E-state index contributed by atoms with van der Waals surface area (Å²) >= 11 is 0. The van der Waals surface area contributed by atoms with E-state index in [-0.39, 0.29) is 0 Å². The highest BCUT2D eigenvalue weighted by atomic mass is 14.8. The van der Waals surface area contributed by atoms with Crippen LogP contribution < -0.4 is 5.32 Å². The number of nitrogens with one attached hydrogen (secondary N) is 1. The third-order valence-electron chi connectivity index (χ3n) is 1.96. The fraction of sp³-hybridized carbons (Fsp3) is 0.600. The molecule has 0 atom stereocenters. The molecule has 0 bridgehead atoms. The van der Waals surface area contributed by atoms with Crippen LogP contribution in [0, 0.1) is 0 Å². The third-order valence-corrected chi connectivity index (χ3v) is 1.96. The first-order valence-corrected chi connectivity index (χ1v) is 4.40. The highest BCUT2D eigenvalue weighted by molar-refractivity contribution is 5.27. The fourth-order valence-corrected chi connectivity index (χ4v) is 1.33. The van der Waals surface area contributed by atoms with Crippen LogP contribution >= 0.6 is 0 Å². The molecule has 0 aromatic carbocycles. The van der Waals surface area contributed by atoms with Crippen molar-refractivity contribution in [3.05, 3.63) is 23.3 Å². The van der Waals surface area contributed by atoms with Crippen LogP contribution in [-0.4, -0.2) is 13.1 Å². The quantitative estimate of drug-likeness (QED) is 0.652. The van der Waals surface area contributed by atoms with Crippen molar-refractivity contribution >= 4 is 0 Å². The van der Waals surface area contributed by atoms with Gasteiger partial charge in [-0.25, -0.2) is 0 Å². The van der Waals surface area contributed by atoms with Crippen molar-refractivity contribution in [3.8, 4) is 0 Å². The molecule has 0 unspecified atom stereocenters. The van der Waals surface area contributed by atoms with Crippen LogP contribution in [-0.2, 0) is 0 Å². The molecule has 0 fully saturated rings. The number of allylic oxidation sites excluding steroid dienone is 2. The van der Waals surface area contributed by atoms with E-state index in [0.717, 1.165) is 13.1 Å². The highest BCUT2D eigenvalue weighted by Gasteiger charge is 1.99. The van der Waals surface area contributed by atoms with Crippen LogP contribution in [0.2, 0.25) is 0 Å². The normalized spacial score (nSPS) is 17.6. The predicted octanol–water partition coefficient (Wildman–Crippen LogP) is 2.26. The summed E-state index contributed by atoms with van der Waals surface area (Å²) in [4.78, 5) is 0. The van der Waals surface area contributed by atoms with Gasteiger partial charge in [-0.3, -0.25) is 0 Å². The van der Waals surface area contributed by atoms with E-state index in [2.05, 4.69) is 31.3 Å². The van der Waals surface area contributed by atoms with Gasteiger partial charge in [-0.05, 0) is 31.9 Å². The Morgan fingerprint density at radius 1 is 1.55 bits per heavy atom. The topological polar surface area (TPSA) is 12.0 Å². The Morgan fingerprint density at radius 2 is 2.36 bits per heavy atom. The van der Waals surface area contributed by atoms with Gasteiger partial charge >= 0.3 is 0 Å². The number of hydrogen-bond acceptors (Lipinski definition) is 1. The van der Waals surface area contributed by atoms with E-state index in [0.29, 0.717) is 0 Å². The Bertz CT molecular complexity index is 177. The van der Waals surface area contributed by atoms with Crippen LogP contribution in [0.5, 0.6) is 0 Å². The molecule has 1 aliphatic rings. The zero-order chi connectivity index (χ0) is 8.10. The van der Waals surface area contributed by atoms with E-state index >= 15 is 0 Å². The van der Waals surface area contributed by atoms with Gasteiger partial charge in [0.25, 0.3) is 0 Å². The fourth-order valence-electron chi connectivity index (χ4n) is 1.33. The summed E-state index contributed by atoms with van der Waals surface area (Å²) in [6.45, 7) is 6.44. The third kappa shape index (κ3) is 2.89. The van der Waals surface area contributed by atoms with Crippen LogP contribution in [0.15, 0.2) is 23.3 Å². The van der Waals surface area contributed by atoms with Gasteiger partial charge in [-0.2, -0.15) is 0 Å². The van der Waals surface area contributed by atoms with E-state index in [9.17, 15) is 0 Å². The lowest BCUT2D eigenvalue weighted by molar-refractivity contribution is 0.773.